The first-order valence-electron chi connectivity index (χ1n) is 0.617. The summed E-state index contributed by atoms with van der Waals surface area (Å²) in [6.45, 7) is 0. The molecule has 0 aliphatic rings. The Morgan fingerprint density at radius 3 is 0.545 bits per heavy atom. The molecule has 0 fully saturated rings. The molecule has 0 aromatic carbocycles. The fourth-order valence-corrected chi connectivity index (χ4v) is 0. The van der Waals surface area contributed by atoms with E-state index in [0.29, 0.717) is 0 Å². The van der Waals surface area contributed by atoms with E-state index in [9.17, 15) is 0 Å². The predicted octanol–water partition coefficient (Wildman–Crippen LogP) is -5.90. The van der Waals surface area contributed by atoms with Crippen LogP contribution in [0, 0.1) is 22.7 Å². The molecule has 11 heteroatoms. The van der Waals surface area contributed by atoms with Crippen LogP contribution in [0.4, 0.5) is 0 Å². The Hall–Kier alpha value is 3.89. The van der Waals surface area contributed by atoms with E-state index < -0.39 is 22.7 Å². The van der Waals surface area contributed by atoms with Gasteiger partial charge in [0, 0.05) is 0 Å². The summed E-state index contributed by atoms with van der Waals surface area (Å²) in [7, 11) is 0. The number of halogens is 2. The molecular weight excluding hydrogens is 821 g/mol. The van der Waals surface area contributed by atoms with Gasteiger partial charge in [0.1, 0.15) is 0 Å². The van der Waals surface area contributed by atoms with E-state index in [1.807, 2.05) is 0 Å². The smallest absolute Gasteiger partial charge is 2.00 e. The van der Waals surface area contributed by atoms with Gasteiger partial charge in [0.05, 0.1) is 22.7 Å². The molecular formula is Cl2O4Pb3S2. The van der Waals surface area contributed by atoms with Gasteiger partial charge < -0.3 is 45.6 Å². The first kappa shape index (κ1) is 46.2. The molecule has 0 heterocycles. The van der Waals surface area contributed by atoms with Crippen LogP contribution in [0.3, 0.4) is 0 Å². The minimum Gasteiger partial charge on any atom is -2.00 e. The maximum atomic E-state index is 8.24. The molecule has 0 rings (SSSR count). The van der Waals surface area contributed by atoms with Crippen LogP contribution in [-0.4, -0.2) is 81.9 Å². The summed E-state index contributed by atoms with van der Waals surface area (Å²) in [6, 6.07) is 0. The third-order valence-electron chi connectivity index (χ3n) is 0. The van der Waals surface area contributed by atoms with Crippen molar-refractivity contribution in [2.24, 2.45) is 0 Å². The van der Waals surface area contributed by atoms with Crippen LogP contribution in [0.2, 0.25) is 0 Å². The van der Waals surface area contributed by atoms with E-state index in [1.54, 1.807) is 0 Å². The van der Waals surface area contributed by atoms with E-state index >= 15 is 0 Å². The molecule has 4 nitrogen and oxygen atoms in total. The van der Waals surface area contributed by atoms with Crippen molar-refractivity contribution in [1.82, 2.24) is 0 Å². The van der Waals surface area contributed by atoms with Crippen molar-refractivity contribution in [3.05, 3.63) is 0 Å². The van der Waals surface area contributed by atoms with E-state index in [-0.39, 0.29) is 109 Å². The summed E-state index contributed by atoms with van der Waals surface area (Å²) >= 11 is -0.833. The maximum absolute atomic E-state index is 8.24. The largest absolute Gasteiger partial charge is 2.00 e. The van der Waals surface area contributed by atoms with Crippen LogP contribution < -0.4 is 18.6 Å². The maximum Gasteiger partial charge on any atom is 2.00 e. The third-order valence-corrected chi connectivity index (χ3v) is 0. The molecule has 0 saturated carbocycles. The summed E-state index contributed by atoms with van der Waals surface area (Å²) in [5.74, 6) is 0. The Labute approximate surface area is 147 Å². The SMILES string of the molecule is [O-][Cl+][O-].[O-][Cl+][O-].[Pb+2].[Pb+2].[Pb+2].[S-2].[S-2]. The summed E-state index contributed by atoms with van der Waals surface area (Å²) in [5, 5.41) is 0. The quantitative estimate of drug-likeness (QED) is 0.228. The minimum absolute atomic E-state index is 0. The Morgan fingerprint density at radius 2 is 0.545 bits per heavy atom. The third kappa shape index (κ3) is 130. The van der Waals surface area contributed by atoms with Gasteiger partial charge in [-0.25, -0.2) is 0 Å². The average molecular weight is 821 g/mol. The van der Waals surface area contributed by atoms with Crippen molar-refractivity contribution in [3.8, 4) is 0 Å². The second-order valence-corrected chi connectivity index (χ2v) is 0.378. The van der Waals surface area contributed by atoms with Gasteiger partial charge in [0.15, 0.2) is 0 Å². The molecule has 62 valence electrons. The Balaban J connectivity index is -0.00000000400. The second-order valence-electron chi connectivity index (χ2n) is 0.126. The van der Waals surface area contributed by atoms with Crippen LogP contribution in [0.25, 0.3) is 0 Å². The number of hydrogen-bond donors (Lipinski definition) is 0. The summed E-state index contributed by atoms with van der Waals surface area (Å²) in [6.07, 6.45) is 0. The summed E-state index contributed by atoms with van der Waals surface area (Å²) in [5.41, 5.74) is 0. The van der Waals surface area contributed by atoms with Gasteiger partial charge in [0.25, 0.3) is 0 Å². The second kappa shape index (κ2) is 66.6. The minimum atomic E-state index is -0.417. The van der Waals surface area contributed by atoms with Gasteiger partial charge in [-0.2, -0.15) is 0 Å². The molecule has 0 spiro atoms. The molecule has 6 radical (unpaired) electrons. The van der Waals surface area contributed by atoms with Crippen LogP contribution >= 0.6 is 0 Å². The zero-order valence-corrected chi connectivity index (χ0v) is 19.5. The molecule has 0 bridgehead atoms. The first-order valence-corrected chi connectivity index (χ1v) is 1.85. The van der Waals surface area contributed by atoms with Crippen molar-refractivity contribution in [1.29, 1.82) is 0 Å². The van der Waals surface area contributed by atoms with Gasteiger partial charge in [-0.3, -0.25) is 0 Å². The van der Waals surface area contributed by atoms with E-state index in [1.165, 1.54) is 0 Å². The number of rotatable bonds is 0. The summed E-state index contributed by atoms with van der Waals surface area (Å²) < 4.78 is 32.9. The van der Waals surface area contributed by atoms with Crippen LogP contribution in [0.1, 0.15) is 0 Å². The van der Waals surface area contributed by atoms with Crippen molar-refractivity contribution in [2.45, 2.75) is 0 Å². The van der Waals surface area contributed by atoms with Crippen molar-refractivity contribution in [3.63, 3.8) is 0 Å². The van der Waals surface area contributed by atoms with Gasteiger partial charge in [-0.05, 0) is 0 Å². The molecule has 0 unspecified atom stereocenters. The van der Waals surface area contributed by atoms with Gasteiger partial charge >= 0.3 is 81.9 Å². The van der Waals surface area contributed by atoms with Crippen LogP contribution in [-0.2, 0) is 27.0 Å². The molecule has 0 aliphatic heterocycles. The Bertz CT molecular complexity index is 23.3. The molecule has 0 aromatic heterocycles. The molecule has 0 saturated heterocycles. The number of hydrogen-bond acceptors (Lipinski definition) is 4. The van der Waals surface area contributed by atoms with E-state index in [2.05, 4.69) is 0 Å². The molecule has 11 heavy (non-hydrogen) atoms. The topological polar surface area (TPSA) is 92.2 Å². The van der Waals surface area contributed by atoms with Crippen molar-refractivity contribution >= 4 is 109 Å². The fourth-order valence-electron chi connectivity index (χ4n) is 0. The first-order chi connectivity index (χ1) is 2.83. The molecule has 0 aromatic rings. The molecule has 0 aliphatic carbocycles. The summed E-state index contributed by atoms with van der Waals surface area (Å²) in [4.78, 5) is 0. The van der Waals surface area contributed by atoms with Gasteiger partial charge in [-0.15, -0.1) is 0 Å². The van der Waals surface area contributed by atoms with Gasteiger partial charge in [-0.1, -0.05) is 0 Å². The standard InChI is InChI=1S/2ClO2.3Pb.2S/c2*2-1-3;;;;;/q2*-1;3*+2;2*-2. The molecule has 0 N–H and O–H groups in total. The monoisotopic (exact) mass is 822 g/mol. The zero-order valence-electron chi connectivity index (χ0n) is 4.71. The molecule has 0 atom stereocenters. The van der Waals surface area contributed by atoms with Crippen LogP contribution in [0.5, 0.6) is 0 Å². The van der Waals surface area contributed by atoms with Gasteiger partial charge in [0.2, 0.25) is 0 Å². The Morgan fingerprint density at radius 1 is 0.545 bits per heavy atom. The van der Waals surface area contributed by atoms with Crippen molar-refractivity contribution in [2.75, 3.05) is 0 Å². The Kier molecular flexibility index (Phi) is 279. The predicted molar refractivity (Wildman–Crippen MR) is 32.0 cm³/mol. The fraction of sp³-hybridized carbons (Fsp3) is 0. The average Bonchev–Trinajstić information content (AvgIpc) is 1.39. The van der Waals surface area contributed by atoms with Crippen molar-refractivity contribution < 1.29 is 41.3 Å². The van der Waals surface area contributed by atoms with E-state index in [4.69, 9.17) is 18.6 Å². The normalized spacial score (nSPS) is 3.27. The zero-order chi connectivity index (χ0) is 5.41. The van der Waals surface area contributed by atoms with Crippen LogP contribution in [0.15, 0.2) is 0 Å². The van der Waals surface area contributed by atoms with E-state index in [0.717, 1.165) is 0 Å². The molecule has 0 amide bonds.